The van der Waals surface area contributed by atoms with Crippen molar-refractivity contribution < 1.29 is 9.21 Å². The summed E-state index contributed by atoms with van der Waals surface area (Å²) >= 11 is 0. The fourth-order valence-corrected chi connectivity index (χ4v) is 3.21. The molecule has 4 rings (SSSR count). The van der Waals surface area contributed by atoms with E-state index in [2.05, 4.69) is 5.32 Å². The summed E-state index contributed by atoms with van der Waals surface area (Å²) in [7, 11) is 1.65. The van der Waals surface area contributed by atoms with Crippen LogP contribution in [0, 0.1) is 0 Å². The lowest BCUT2D eigenvalue weighted by molar-refractivity contribution is -0.116. The van der Waals surface area contributed by atoms with Crippen LogP contribution in [0.2, 0.25) is 0 Å². The summed E-state index contributed by atoms with van der Waals surface area (Å²) in [5, 5.41) is 2.95. The molecule has 0 aliphatic heterocycles. The van der Waals surface area contributed by atoms with Crippen molar-refractivity contribution in [2.24, 2.45) is 7.05 Å². The lowest BCUT2D eigenvalue weighted by Gasteiger charge is -2.18. The number of anilines is 1. The van der Waals surface area contributed by atoms with Crippen LogP contribution < -0.4 is 11.1 Å². The number of hydrogen-bond acceptors (Lipinski definition) is 3. The van der Waals surface area contributed by atoms with Crippen molar-refractivity contribution in [3.05, 3.63) is 101 Å². The first-order valence-corrected chi connectivity index (χ1v) is 8.64. The Hall–Kier alpha value is -3.60. The van der Waals surface area contributed by atoms with E-state index in [-0.39, 0.29) is 5.91 Å². The fourth-order valence-electron chi connectivity index (χ4n) is 3.21. The van der Waals surface area contributed by atoms with Gasteiger partial charge >= 0.3 is 5.76 Å². The molecular weight excluding hydrogens is 340 g/mol. The monoisotopic (exact) mass is 358 g/mol. The van der Waals surface area contributed by atoms with Crippen molar-refractivity contribution >= 4 is 22.7 Å². The number of nitrogens with one attached hydrogen (secondary N) is 1. The van der Waals surface area contributed by atoms with Gasteiger partial charge in [0.2, 0.25) is 5.91 Å². The summed E-state index contributed by atoms with van der Waals surface area (Å²) in [6, 6.07) is 24.5. The average molecular weight is 358 g/mol. The van der Waals surface area contributed by atoms with Crippen LogP contribution in [0.1, 0.15) is 17.0 Å². The van der Waals surface area contributed by atoms with E-state index < -0.39 is 11.7 Å². The third-order valence-electron chi connectivity index (χ3n) is 4.59. The zero-order chi connectivity index (χ0) is 18.8. The minimum absolute atomic E-state index is 0.148. The van der Waals surface area contributed by atoms with E-state index in [4.69, 9.17) is 4.42 Å². The van der Waals surface area contributed by atoms with E-state index in [0.29, 0.717) is 16.8 Å². The topological polar surface area (TPSA) is 64.2 Å². The number of carbonyl (C=O) groups is 1. The molecule has 0 aliphatic rings. The Kier molecular flexibility index (Phi) is 4.34. The number of benzene rings is 3. The Morgan fingerprint density at radius 1 is 0.926 bits per heavy atom. The summed E-state index contributed by atoms with van der Waals surface area (Å²) < 4.78 is 6.64. The zero-order valence-electron chi connectivity index (χ0n) is 14.8. The van der Waals surface area contributed by atoms with Crippen molar-refractivity contribution in [3.8, 4) is 0 Å². The van der Waals surface area contributed by atoms with E-state index in [1.165, 1.54) is 4.57 Å². The summed E-state index contributed by atoms with van der Waals surface area (Å²) in [6.07, 6.45) is 0. The van der Waals surface area contributed by atoms with E-state index in [1.54, 1.807) is 25.2 Å². The highest BCUT2D eigenvalue weighted by Crippen LogP contribution is 2.27. The van der Waals surface area contributed by atoms with Crippen LogP contribution >= 0.6 is 0 Å². The van der Waals surface area contributed by atoms with Crippen molar-refractivity contribution in [1.29, 1.82) is 0 Å². The van der Waals surface area contributed by atoms with Crippen LogP contribution in [0.25, 0.3) is 11.1 Å². The number of fused-ring (bicyclic) bond motifs is 1. The predicted molar refractivity (Wildman–Crippen MR) is 105 cm³/mol. The van der Waals surface area contributed by atoms with Crippen LogP contribution in [-0.2, 0) is 11.8 Å². The van der Waals surface area contributed by atoms with Crippen molar-refractivity contribution in [2.45, 2.75) is 5.92 Å². The van der Waals surface area contributed by atoms with Gasteiger partial charge < -0.3 is 9.73 Å². The van der Waals surface area contributed by atoms with Crippen LogP contribution in [-0.4, -0.2) is 10.5 Å². The molecule has 0 fully saturated rings. The molecule has 1 amide bonds. The number of amides is 1. The molecule has 27 heavy (non-hydrogen) atoms. The van der Waals surface area contributed by atoms with Crippen molar-refractivity contribution in [1.82, 2.24) is 4.57 Å². The number of hydrogen-bond donors (Lipinski definition) is 1. The lowest BCUT2D eigenvalue weighted by atomic mass is 9.90. The lowest BCUT2D eigenvalue weighted by Crippen LogP contribution is -2.22. The molecule has 0 atom stereocenters. The highest BCUT2D eigenvalue weighted by Gasteiger charge is 2.23. The number of nitrogens with zero attached hydrogens (tertiary/aromatic N) is 1. The van der Waals surface area contributed by atoms with Crippen LogP contribution in [0.4, 0.5) is 5.69 Å². The van der Waals surface area contributed by atoms with E-state index >= 15 is 0 Å². The smallest absolute Gasteiger partial charge is 0.408 e. The fraction of sp³-hybridized carbons (Fsp3) is 0.0909. The second-order valence-electron chi connectivity index (χ2n) is 6.35. The summed E-state index contributed by atoms with van der Waals surface area (Å²) in [5.74, 6) is -1.02. The van der Waals surface area contributed by atoms with Gasteiger partial charge in [0.1, 0.15) is 0 Å². The number of carbonyl (C=O) groups excluding carboxylic acids is 1. The maximum Gasteiger partial charge on any atom is 0.419 e. The quantitative estimate of drug-likeness (QED) is 0.602. The molecule has 0 bridgehead atoms. The summed E-state index contributed by atoms with van der Waals surface area (Å²) in [6.45, 7) is 0. The van der Waals surface area contributed by atoms with E-state index in [1.807, 2.05) is 60.7 Å². The van der Waals surface area contributed by atoms with Gasteiger partial charge in [-0.1, -0.05) is 60.7 Å². The SMILES string of the molecule is Cn1c(=O)oc2cc(NC(=O)C(c3ccccc3)c3ccccc3)ccc21. The van der Waals surface area contributed by atoms with E-state index in [0.717, 1.165) is 11.1 Å². The number of aromatic nitrogens is 1. The Morgan fingerprint density at radius 3 is 2.11 bits per heavy atom. The molecule has 1 N–H and O–H groups in total. The summed E-state index contributed by atoms with van der Waals surface area (Å²) in [4.78, 5) is 24.8. The molecule has 4 aromatic rings. The number of oxazole rings is 1. The van der Waals surface area contributed by atoms with Gasteiger partial charge in [-0.2, -0.15) is 0 Å². The van der Waals surface area contributed by atoms with Crippen molar-refractivity contribution in [3.63, 3.8) is 0 Å². The first kappa shape index (κ1) is 16.8. The molecule has 0 radical (unpaired) electrons. The van der Waals surface area contributed by atoms with Gasteiger partial charge in [0, 0.05) is 18.8 Å². The van der Waals surface area contributed by atoms with Gasteiger partial charge in [0.25, 0.3) is 0 Å². The molecule has 1 heterocycles. The van der Waals surface area contributed by atoms with Crippen LogP contribution in [0.3, 0.4) is 0 Å². The molecule has 0 aliphatic carbocycles. The second kappa shape index (κ2) is 6.96. The molecule has 3 aromatic carbocycles. The molecule has 0 unspecified atom stereocenters. The van der Waals surface area contributed by atoms with E-state index in [9.17, 15) is 9.59 Å². The highest BCUT2D eigenvalue weighted by atomic mass is 16.4. The molecule has 5 nitrogen and oxygen atoms in total. The molecule has 5 heteroatoms. The minimum atomic E-state index is -0.439. The Morgan fingerprint density at radius 2 is 1.52 bits per heavy atom. The second-order valence-corrected chi connectivity index (χ2v) is 6.35. The summed E-state index contributed by atoms with van der Waals surface area (Å²) in [5.41, 5.74) is 3.53. The number of rotatable bonds is 4. The molecule has 1 aromatic heterocycles. The maximum absolute atomic E-state index is 13.1. The molecule has 0 saturated carbocycles. The van der Waals surface area contributed by atoms with Gasteiger partial charge in [0.15, 0.2) is 5.58 Å². The van der Waals surface area contributed by atoms with Gasteiger partial charge in [-0.15, -0.1) is 0 Å². The third-order valence-corrected chi connectivity index (χ3v) is 4.59. The Balaban J connectivity index is 1.69. The third kappa shape index (κ3) is 3.27. The largest absolute Gasteiger partial charge is 0.419 e. The Bertz CT molecular complexity index is 1110. The Labute approximate surface area is 155 Å². The van der Waals surface area contributed by atoms with Gasteiger partial charge in [-0.25, -0.2) is 4.79 Å². The van der Waals surface area contributed by atoms with Gasteiger partial charge in [-0.05, 0) is 23.3 Å². The molecule has 0 saturated heterocycles. The normalized spacial score (nSPS) is 11.0. The highest BCUT2D eigenvalue weighted by molar-refractivity contribution is 5.99. The van der Waals surface area contributed by atoms with Gasteiger partial charge in [-0.3, -0.25) is 9.36 Å². The zero-order valence-corrected chi connectivity index (χ0v) is 14.8. The molecule has 0 spiro atoms. The average Bonchev–Trinajstić information content (AvgIpc) is 2.97. The minimum Gasteiger partial charge on any atom is -0.408 e. The van der Waals surface area contributed by atoms with Crippen molar-refractivity contribution in [2.75, 3.05) is 5.32 Å². The van der Waals surface area contributed by atoms with Crippen LogP contribution in [0.5, 0.6) is 0 Å². The first-order chi connectivity index (χ1) is 13.1. The predicted octanol–water partition coefficient (Wildman–Crippen LogP) is 3.90. The first-order valence-electron chi connectivity index (χ1n) is 8.64. The standard InChI is InChI=1S/C22H18N2O3/c1-24-18-13-12-17(14-19(18)27-22(24)26)23-21(25)20(15-8-4-2-5-9-15)16-10-6-3-7-11-16/h2-14,20H,1H3,(H,23,25). The number of aryl methyl sites for hydroxylation is 1. The molecule has 134 valence electrons. The molecular formula is C22H18N2O3. The van der Waals surface area contributed by atoms with Crippen LogP contribution in [0.15, 0.2) is 88.1 Å². The van der Waals surface area contributed by atoms with Gasteiger partial charge in [0.05, 0.1) is 11.4 Å². The maximum atomic E-state index is 13.1.